The Kier molecular flexibility index (Phi) is 2.65. The van der Waals surface area contributed by atoms with Gasteiger partial charge >= 0.3 is 0 Å². The highest BCUT2D eigenvalue weighted by Crippen LogP contribution is 2.38. The Morgan fingerprint density at radius 3 is 2.78 bits per heavy atom. The van der Waals surface area contributed by atoms with Crippen molar-refractivity contribution in [3.05, 3.63) is 17.5 Å². The van der Waals surface area contributed by atoms with Gasteiger partial charge in [0.15, 0.2) is 9.84 Å². The Bertz CT molecular complexity index is 574. The fraction of sp³-hybridized carbons (Fsp3) is 0.636. The summed E-state index contributed by atoms with van der Waals surface area (Å²) >= 11 is 0. The maximum Gasteiger partial charge on any atom is 0.272 e. The van der Waals surface area contributed by atoms with Crippen LogP contribution < -0.4 is 5.32 Å². The van der Waals surface area contributed by atoms with Gasteiger partial charge in [-0.25, -0.2) is 8.42 Å². The molecular weight excluding hydrogens is 254 g/mol. The van der Waals surface area contributed by atoms with Crippen LogP contribution in [0.15, 0.2) is 6.07 Å². The molecule has 1 aliphatic carbocycles. The van der Waals surface area contributed by atoms with Gasteiger partial charge in [-0.15, -0.1) is 0 Å². The van der Waals surface area contributed by atoms with E-state index < -0.39 is 9.84 Å². The second-order valence-electron chi connectivity index (χ2n) is 5.06. The SMILES string of the molecule is O=C(N[C@H]1CCS(=O)(=O)C1)c1cc(C2CC2)[nH]n1. The predicted molar refractivity (Wildman–Crippen MR) is 65.1 cm³/mol. The summed E-state index contributed by atoms with van der Waals surface area (Å²) in [7, 11) is -2.96. The van der Waals surface area contributed by atoms with Crippen LogP contribution in [0, 0.1) is 0 Å². The second-order valence-corrected chi connectivity index (χ2v) is 7.28. The average Bonchev–Trinajstić information content (AvgIpc) is 2.93. The van der Waals surface area contributed by atoms with E-state index in [-0.39, 0.29) is 23.5 Å². The predicted octanol–water partition coefficient (Wildman–Crippen LogP) is 0.204. The molecule has 7 heteroatoms. The van der Waals surface area contributed by atoms with Crippen molar-refractivity contribution < 1.29 is 13.2 Å². The minimum atomic E-state index is -2.96. The Hall–Kier alpha value is -1.37. The van der Waals surface area contributed by atoms with Gasteiger partial charge in [0.25, 0.3) is 5.91 Å². The molecule has 3 rings (SSSR count). The van der Waals surface area contributed by atoms with Crippen molar-refractivity contribution >= 4 is 15.7 Å². The van der Waals surface area contributed by atoms with Crippen LogP contribution in [0.4, 0.5) is 0 Å². The molecule has 1 aromatic heterocycles. The van der Waals surface area contributed by atoms with E-state index in [0.29, 0.717) is 18.0 Å². The van der Waals surface area contributed by atoms with Gasteiger partial charge in [0.05, 0.1) is 11.5 Å². The zero-order valence-electron chi connectivity index (χ0n) is 9.85. The molecule has 6 nitrogen and oxygen atoms in total. The largest absolute Gasteiger partial charge is 0.347 e. The van der Waals surface area contributed by atoms with Crippen LogP contribution >= 0.6 is 0 Å². The maximum absolute atomic E-state index is 11.9. The summed E-state index contributed by atoms with van der Waals surface area (Å²) in [5.74, 6) is 0.427. The van der Waals surface area contributed by atoms with Crippen LogP contribution in [-0.4, -0.2) is 42.1 Å². The molecule has 0 bridgehead atoms. The zero-order chi connectivity index (χ0) is 12.8. The zero-order valence-corrected chi connectivity index (χ0v) is 10.7. The number of hydrogen-bond acceptors (Lipinski definition) is 4. The van der Waals surface area contributed by atoms with E-state index in [1.54, 1.807) is 6.07 Å². The smallest absolute Gasteiger partial charge is 0.272 e. The highest BCUT2D eigenvalue weighted by Gasteiger charge is 2.30. The summed E-state index contributed by atoms with van der Waals surface area (Å²) in [5.41, 5.74) is 1.35. The number of hydrogen-bond donors (Lipinski definition) is 2. The third kappa shape index (κ3) is 2.40. The average molecular weight is 269 g/mol. The fourth-order valence-electron chi connectivity index (χ4n) is 2.22. The van der Waals surface area contributed by atoms with E-state index in [1.165, 1.54) is 0 Å². The maximum atomic E-state index is 11.9. The number of nitrogens with one attached hydrogen (secondary N) is 2. The van der Waals surface area contributed by atoms with Crippen molar-refractivity contribution in [3.8, 4) is 0 Å². The number of carbonyl (C=O) groups excluding carboxylic acids is 1. The van der Waals surface area contributed by atoms with E-state index in [0.717, 1.165) is 18.5 Å². The van der Waals surface area contributed by atoms with Crippen molar-refractivity contribution in [1.82, 2.24) is 15.5 Å². The number of H-pyrrole nitrogens is 1. The molecule has 1 saturated carbocycles. The molecule has 0 unspecified atom stereocenters. The van der Waals surface area contributed by atoms with Crippen LogP contribution in [0.1, 0.15) is 41.4 Å². The Labute approximate surface area is 105 Å². The van der Waals surface area contributed by atoms with Crippen LogP contribution in [0.2, 0.25) is 0 Å². The van der Waals surface area contributed by atoms with E-state index in [4.69, 9.17) is 0 Å². The van der Waals surface area contributed by atoms with Gasteiger partial charge in [0.2, 0.25) is 0 Å². The minimum Gasteiger partial charge on any atom is -0.347 e. The van der Waals surface area contributed by atoms with Gasteiger partial charge < -0.3 is 5.32 Å². The second kappa shape index (κ2) is 4.08. The fourth-order valence-corrected chi connectivity index (χ4v) is 3.90. The number of amides is 1. The molecule has 1 saturated heterocycles. The van der Waals surface area contributed by atoms with Crippen LogP contribution in [0.3, 0.4) is 0 Å². The third-order valence-electron chi connectivity index (χ3n) is 3.42. The molecule has 2 heterocycles. The summed E-state index contributed by atoms with van der Waals surface area (Å²) < 4.78 is 22.6. The number of nitrogens with zero attached hydrogens (tertiary/aromatic N) is 1. The number of carbonyl (C=O) groups is 1. The topological polar surface area (TPSA) is 91.9 Å². The van der Waals surface area contributed by atoms with Gasteiger partial charge in [-0.3, -0.25) is 9.89 Å². The molecular formula is C11H15N3O3S. The first kappa shape index (κ1) is 11.7. The third-order valence-corrected chi connectivity index (χ3v) is 5.18. The van der Waals surface area contributed by atoms with Gasteiger partial charge in [-0.2, -0.15) is 5.10 Å². The molecule has 1 atom stereocenters. The Balaban J connectivity index is 1.63. The van der Waals surface area contributed by atoms with Crippen molar-refractivity contribution in [3.63, 3.8) is 0 Å². The van der Waals surface area contributed by atoms with E-state index in [2.05, 4.69) is 15.5 Å². The molecule has 1 aliphatic heterocycles. The van der Waals surface area contributed by atoms with Crippen molar-refractivity contribution in [2.75, 3.05) is 11.5 Å². The molecule has 1 aromatic rings. The summed E-state index contributed by atoms with van der Waals surface area (Å²) in [4.78, 5) is 11.9. The van der Waals surface area contributed by atoms with Crippen molar-refractivity contribution in [2.45, 2.75) is 31.2 Å². The quantitative estimate of drug-likeness (QED) is 0.820. The summed E-state index contributed by atoms with van der Waals surface area (Å²) in [6, 6.07) is 1.49. The highest BCUT2D eigenvalue weighted by atomic mass is 32.2. The lowest BCUT2D eigenvalue weighted by molar-refractivity contribution is 0.0936. The van der Waals surface area contributed by atoms with E-state index in [1.807, 2.05) is 0 Å². The summed E-state index contributed by atoms with van der Waals surface area (Å²) in [6.07, 6.45) is 2.78. The van der Waals surface area contributed by atoms with Crippen LogP contribution in [0.25, 0.3) is 0 Å². The van der Waals surface area contributed by atoms with E-state index in [9.17, 15) is 13.2 Å². The van der Waals surface area contributed by atoms with Crippen LogP contribution in [0.5, 0.6) is 0 Å². The Morgan fingerprint density at radius 2 is 2.17 bits per heavy atom. The Morgan fingerprint density at radius 1 is 1.39 bits per heavy atom. The van der Waals surface area contributed by atoms with Gasteiger partial charge in [0, 0.05) is 17.7 Å². The van der Waals surface area contributed by atoms with Crippen LogP contribution in [-0.2, 0) is 9.84 Å². The lowest BCUT2D eigenvalue weighted by Gasteiger charge is -2.08. The normalized spacial score (nSPS) is 26.1. The molecule has 2 fully saturated rings. The number of aromatic nitrogens is 2. The molecule has 0 radical (unpaired) electrons. The molecule has 1 amide bonds. The lowest BCUT2D eigenvalue weighted by atomic mass is 10.2. The molecule has 2 aliphatic rings. The molecule has 0 aromatic carbocycles. The number of sulfone groups is 1. The van der Waals surface area contributed by atoms with Gasteiger partial charge in [-0.1, -0.05) is 0 Å². The number of aromatic amines is 1. The highest BCUT2D eigenvalue weighted by molar-refractivity contribution is 7.91. The number of rotatable bonds is 3. The first-order chi connectivity index (χ1) is 8.53. The van der Waals surface area contributed by atoms with Crippen molar-refractivity contribution in [1.29, 1.82) is 0 Å². The standard InChI is InChI=1S/C11H15N3O3S/c15-11(12-8-3-4-18(16,17)6-8)10-5-9(13-14-10)7-1-2-7/h5,7-8H,1-4,6H2,(H,12,15)(H,13,14)/t8-/m0/s1. The summed E-state index contributed by atoms with van der Waals surface area (Å²) in [5, 5.41) is 9.55. The van der Waals surface area contributed by atoms with Gasteiger partial charge in [-0.05, 0) is 25.3 Å². The molecule has 0 spiro atoms. The summed E-state index contributed by atoms with van der Waals surface area (Å²) in [6.45, 7) is 0. The molecule has 98 valence electrons. The van der Waals surface area contributed by atoms with E-state index >= 15 is 0 Å². The molecule has 2 N–H and O–H groups in total. The first-order valence-electron chi connectivity index (χ1n) is 6.10. The van der Waals surface area contributed by atoms with Gasteiger partial charge in [0.1, 0.15) is 5.69 Å². The lowest BCUT2D eigenvalue weighted by Crippen LogP contribution is -2.35. The monoisotopic (exact) mass is 269 g/mol. The van der Waals surface area contributed by atoms with Crippen molar-refractivity contribution in [2.24, 2.45) is 0 Å². The first-order valence-corrected chi connectivity index (χ1v) is 7.92. The minimum absolute atomic E-state index is 0.0403. The molecule has 18 heavy (non-hydrogen) atoms.